The van der Waals surface area contributed by atoms with Gasteiger partial charge >= 0.3 is 6.09 Å². The van der Waals surface area contributed by atoms with Gasteiger partial charge in [0.1, 0.15) is 5.28 Å². The van der Waals surface area contributed by atoms with Gasteiger partial charge in [0.25, 0.3) is 0 Å². The highest BCUT2D eigenvalue weighted by atomic mass is 31.2. The van der Waals surface area contributed by atoms with Crippen molar-refractivity contribution in [3.63, 3.8) is 0 Å². The molecule has 114 valence electrons. The number of rotatable bonds is 7. The molecule has 6 nitrogen and oxygen atoms in total. The van der Waals surface area contributed by atoms with Crippen LogP contribution in [0.15, 0.2) is 37.2 Å². The summed E-state index contributed by atoms with van der Waals surface area (Å²) in [7, 11) is -3.26. The topological polar surface area (TPSA) is 88.5 Å². The highest BCUT2D eigenvalue weighted by molar-refractivity contribution is 7.60. The number of carbonyl (C=O) groups is 1. The largest absolute Gasteiger partial charge is 0.465 e. The standard InChI is InChI=1S/C14H19N2O4P/c1-3-12-8-14(12,16-13(17)18)21(19,20-4-2)10-11-6-5-7-15-9-11/h3,5-7,9,12,16H,1,4,8,10H2,2H3,(H,17,18)/t12-,14+,21?/m1/s1. The van der Waals surface area contributed by atoms with Crippen LogP contribution in [0, 0.1) is 5.92 Å². The molecule has 7 heteroatoms. The maximum Gasteiger partial charge on any atom is 0.405 e. The Morgan fingerprint density at radius 2 is 2.52 bits per heavy atom. The highest BCUT2D eigenvalue weighted by Crippen LogP contribution is 2.73. The third-order valence-electron chi connectivity index (χ3n) is 3.65. The van der Waals surface area contributed by atoms with E-state index in [0.717, 1.165) is 5.56 Å². The van der Waals surface area contributed by atoms with Crippen LogP contribution in [-0.4, -0.2) is 28.1 Å². The summed E-state index contributed by atoms with van der Waals surface area (Å²) in [5.41, 5.74) is 0.760. The molecule has 1 unspecified atom stereocenters. The number of hydrogen-bond donors (Lipinski definition) is 2. The molecule has 0 aliphatic heterocycles. The molecule has 0 saturated heterocycles. The highest BCUT2D eigenvalue weighted by Gasteiger charge is 2.66. The SMILES string of the molecule is C=C[C@@H]1C[C@]1(NC(=O)O)P(=O)(Cc1cccnc1)OCC. The van der Waals surface area contributed by atoms with Gasteiger partial charge in [-0.1, -0.05) is 12.1 Å². The van der Waals surface area contributed by atoms with E-state index in [4.69, 9.17) is 9.63 Å². The summed E-state index contributed by atoms with van der Waals surface area (Å²) in [6.07, 6.45) is 4.27. The van der Waals surface area contributed by atoms with Crippen molar-refractivity contribution >= 4 is 13.5 Å². The van der Waals surface area contributed by atoms with Gasteiger partial charge in [-0.2, -0.15) is 0 Å². The van der Waals surface area contributed by atoms with E-state index in [1.54, 1.807) is 37.5 Å². The van der Waals surface area contributed by atoms with E-state index >= 15 is 0 Å². The summed E-state index contributed by atoms with van der Waals surface area (Å²) < 4.78 is 18.9. The molecule has 2 N–H and O–H groups in total. The first-order valence-corrected chi connectivity index (χ1v) is 8.54. The summed E-state index contributed by atoms with van der Waals surface area (Å²) in [6.45, 7) is 5.68. The summed E-state index contributed by atoms with van der Waals surface area (Å²) in [6, 6.07) is 3.55. The minimum Gasteiger partial charge on any atom is -0.465 e. The van der Waals surface area contributed by atoms with E-state index in [1.807, 2.05) is 0 Å². The molecule has 1 amide bonds. The fraction of sp³-hybridized carbons (Fsp3) is 0.429. The van der Waals surface area contributed by atoms with Gasteiger partial charge in [0.2, 0.25) is 7.37 Å². The van der Waals surface area contributed by atoms with Crippen LogP contribution in [0.3, 0.4) is 0 Å². The lowest BCUT2D eigenvalue weighted by molar-refractivity contribution is 0.190. The molecule has 1 aromatic heterocycles. The predicted octanol–water partition coefficient (Wildman–Crippen LogP) is 3.07. The van der Waals surface area contributed by atoms with Crippen LogP contribution in [0.5, 0.6) is 0 Å². The van der Waals surface area contributed by atoms with E-state index in [0.29, 0.717) is 6.42 Å². The van der Waals surface area contributed by atoms with E-state index in [9.17, 15) is 9.36 Å². The zero-order valence-electron chi connectivity index (χ0n) is 11.9. The van der Waals surface area contributed by atoms with Crippen LogP contribution in [-0.2, 0) is 15.3 Å². The molecule has 0 spiro atoms. The van der Waals surface area contributed by atoms with E-state index in [1.165, 1.54) is 0 Å². The van der Waals surface area contributed by atoms with E-state index < -0.39 is 18.7 Å². The zero-order chi connectivity index (χ0) is 15.5. The van der Waals surface area contributed by atoms with Gasteiger partial charge < -0.3 is 14.9 Å². The Kier molecular flexibility index (Phi) is 4.49. The van der Waals surface area contributed by atoms with Gasteiger partial charge in [-0.05, 0) is 25.0 Å². The number of amides is 1. The lowest BCUT2D eigenvalue weighted by Gasteiger charge is -2.28. The van der Waals surface area contributed by atoms with Crippen LogP contribution in [0.25, 0.3) is 0 Å². The van der Waals surface area contributed by atoms with Crippen molar-refractivity contribution in [2.45, 2.75) is 24.8 Å². The van der Waals surface area contributed by atoms with Crippen molar-refractivity contribution in [2.24, 2.45) is 5.92 Å². The molecule has 1 aliphatic carbocycles. The van der Waals surface area contributed by atoms with Gasteiger partial charge in [-0.15, -0.1) is 6.58 Å². The quantitative estimate of drug-likeness (QED) is 0.597. The van der Waals surface area contributed by atoms with Gasteiger partial charge in [-0.25, -0.2) is 4.79 Å². The van der Waals surface area contributed by atoms with Gasteiger partial charge in [0, 0.05) is 18.3 Å². The lowest BCUT2D eigenvalue weighted by atomic mass is 10.3. The molecule has 1 fully saturated rings. The van der Waals surface area contributed by atoms with Crippen LogP contribution in [0.4, 0.5) is 4.79 Å². The average Bonchev–Trinajstić information content (AvgIpc) is 3.14. The number of nitrogens with one attached hydrogen (secondary N) is 1. The van der Waals surface area contributed by atoms with E-state index in [-0.39, 0.29) is 18.7 Å². The number of nitrogens with zero attached hydrogens (tertiary/aromatic N) is 1. The van der Waals surface area contributed by atoms with Crippen LogP contribution < -0.4 is 5.32 Å². The third kappa shape index (κ3) is 3.01. The molecule has 0 radical (unpaired) electrons. The Morgan fingerprint density at radius 3 is 3.00 bits per heavy atom. The summed E-state index contributed by atoms with van der Waals surface area (Å²) in [5, 5.41) is 10.4. The summed E-state index contributed by atoms with van der Waals surface area (Å²) in [5.74, 6) is -0.178. The maximum atomic E-state index is 13.3. The number of carboxylic acid groups (broad SMARTS) is 1. The van der Waals surface area contributed by atoms with E-state index in [2.05, 4.69) is 16.9 Å². The van der Waals surface area contributed by atoms with Crippen LogP contribution in [0.2, 0.25) is 0 Å². The Bertz CT molecular complexity index is 578. The molecule has 2 rings (SSSR count). The number of aromatic nitrogens is 1. The summed E-state index contributed by atoms with van der Waals surface area (Å²) >= 11 is 0. The first kappa shape index (κ1) is 15.7. The van der Waals surface area contributed by atoms with Crippen molar-refractivity contribution in [1.29, 1.82) is 0 Å². The first-order chi connectivity index (χ1) is 9.97. The Morgan fingerprint density at radius 1 is 1.76 bits per heavy atom. The van der Waals surface area contributed by atoms with Gasteiger partial charge in [0.15, 0.2) is 0 Å². The molecular formula is C14H19N2O4P. The number of pyridine rings is 1. The first-order valence-electron chi connectivity index (χ1n) is 6.73. The molecule has 1 saturated carbocycles. The molecule has 21 heavy (non-hydrogen) atoms. The molecule has 1 aromatic rings. The Hall–Kier alpha value is -1.65. The number of hydrogen-bond acceptors (Lipinski definition) is 4. The smallest absolute Gasteiger partial charge is 0.405 e. The zero-order valence-corrected chi connectivity index (χ0v) is 12.8. The molecular weight excluding hydrogens is 291 g/mol. The second kappa shape index (κ2) is 6.00. The van der Waals surface area contributed by atoms with Crippen molar-refractivity contribution in [3.8, 4) is 0 Å². The van der Waals surface area contributed by atoms with Gasteiger partial charge in [0.05, 0.1) is 12.8 Å². The third-order valence-corrected chi connectivity index (χ3v) is 6.95. The average molecular weight is 310 g/mol. The van der Waals surface area contributed by atoms with Crippen LogP contribution in [0.1, 0.15) is 18.9 Å². The minimum atomic E-state index is -3.26. The minimum absolute atomic E-state index is 0.152. The second-order valence-electron chi connectivity index (χ2n) is 5.01. The van der Waals surface area contributed by atoms with Crippen LogP contribution >= 0.6 is 7.37 Å². The Balaban J connectivity index is 2.33. The second-order valence-corrected chi connectivity index (χ2v) is 7.73. The Labute approximate surface area is 123 Å². The van der Waals surface area contributed by atoms with Crippen molar-refractivity contribution in [2.75, 3.05) is 6.61 Å². The predicted molar refractivity (Wildman–Crippen MR) is 79.4 cm³/mol. The van der Waals surface area contributed by atoms with Gasteiger partial charge in [-0.3, -0.25) is 9.55 Å². The molecule has 1 aliphatic rings. The molecule has 0 bridgehead atoms. The fourth-order valence-electron chi connectivity index (χ4n) is 2.60. The molecule has 1 heterocycles. The normalized spacial score (nSPS) is 26.6. The summed E-state index contributed by atoms with van der Waals surface area (Å²) in [4.78, 5) is 15.1. The lowest BCUT2D eigenvalue weighted by Crippen LogP contribution is -2.38. The fourth-order valence-corrected chi connectivity index (χ4v) is 5.64. The van der Waals surface area contributed by atoms with Crippen molar-refractivity contribution < 1.29 is 19.0 Å². The van der Waals surface area contributed by atoms with Crippen molar-refractivity contribution in [3.05, 3.63) is 42.7 Å². The monoisotopic (exact) mass is 310 g/mol. The molecule has 3 atom stereocenters. The maximum absolute atomic E-state index is 13.3. The molecule has 0 aromatic carbocycles. The van der Waals surface area contributed by atoms with Crippen molar-refractivity contribution in [1.82, 2.24) is 10.3 Å².